The molecule has 1 saturated heterocycles. The van der Waals surface area contributed by atoms with E-state index in [0.717, 1.165) is 11.8 Å². The van der Waals surface area contributed by atoms with Crippen LogP contribution in [0.4, 0.5) is 14.5 Å². The minimum Gasteiger partial charge on any atom is -0.300 e. The first-order valence-corrected chi connectivity index (χ1v) is 7.23. The van der Waals surface area contributed by atoms with Crippen molar-refractivity contribution in [3.63, 3.8) is 0 Å². The van der Waals surface area contributed by atoms with Gasteiger partial charge in [0, 0.05) is 5.56 Å². The largest absolute Gasteiger partial charge is 0.300 e. The van der Waals surface area contributed by atoms with Gasteiger partial charge in [-0.25, -0.2) is 13.8 Å². The molecule has 0 unspecified atom stereocenters. The summed E-state index contributed by atoms with van der Waals surface area (Å²) >= 11 is 1.11. The van der Waals surface area contributed by atoms with E-state index in [-0.39, 0.29) is 11.7 Å². The Balaban J connectivity index is 1.84. The van der Waals surface area contributed by atoms with Crippen molar-refractivity contribution in [2.24, 2.45) is 4.99 Å². The van der Waals surface area contributed by atoms with Crippen LogP contribution < -0.4 is 5.32 Å². The maximum atomic E-state index is 13.6. The van der Waals surface area contributed by atoms with E-state index in [1.54, 1.807) is 18.2 Å². The second kappa shape index (κ2) is 6.11. The first kappa shape index (κ1) is 14.5. The van der Waals surface area contributed by atoms with Crippen LogP contribution in [0.15, 0.2) is 58.4 Å². The molecule has 0 saturated carbocycles. The van der Waals surface area contributed by atoms with E-state index < -0.39 is 5.82 Å². The van der Waals surface area contributed by atoms with E-state index in [4.69, 9.17) is 0 Å². The summed E-state index contributed by atoms with van der Waals surface area (Å²) in [5, 5.41) is 2.97. The molecule has 0 atom stereocenters. The molecule has 110 valence electrons. The van der Waals surface area contributed by atoms with Crippen molar-refractivity contribution in [1.29, 1.82) is 0 Å². The van der Waals surface area contributed by atoms with Crippen LogP contribution >= 0.6 is 11.8 Å². The van der Waals surface area contributed by atoms with Crippen LogP contribution in [0.5, 0.6) is 0 Å². The number of carbonyl (C=O) groups is 1. The summed E-state index contributed by atoms with van der Waals surface area (Å²) in [6, 6.07) is 11.8. The van der Waals surface area contributed by atoms with Crippen LogP contribution in [0.25, 0.3) is 6.08 Å². The van der Waals surface area contributed by atoms with Crippen LogP contribution in [-0.4, -0.2) is 11.1 Å². The quantitative estimate of drug-likeness (QED) is 0.855. The van der Waals surface area contributed by atoms with Crippen molar-refractivity contribution < 1.29 is 13.6 Å². The number of nitrogens with one attached hydrogen (secondary N) is 1. The summed E-state index contributed by atoms with van der Waals surface area (Å²) in [6.45, 7) is 0. The van der Waals surface area contributed by atoms with Crippen LogP contribution in [0, 0.1) is 11.6 Å². The molecular weight excluding hydrogens is 306 g/mol. The average molecular weight is 316 g/mol. The lowest BCUT2D eigenvalue weighted by molar-refractivity contribution is -0.115. The smallest absolute Gasteiger partial charge is 0.264 e. The molecule has 3 nitrogen and oxygen atoms in total. The Hall–Kier alpha value is -2.47. The molecule has 1 amide bonds. The summed E-state index contributed by atoms with van der Waals surface area (Å²) < 4.78 is 26.4. The van der Waals surface area contributed by atoms with Crippen LogP contribution in [0.2, 0.25) is 0 Å². The molecule has 1 N–H and O–H groups in total. The second-order valence-electron chi connectivity index (χ2n) is 4.48. The monoisotopic (exact) mass is 316 g/mol. The normalized spacial score (nSPS) is 18.0. The van der Waals surface area contributed by atoms with Crippen molar-refractivity contribution in [3.8, 4) is 0 Å². The number of thioether (sulfide) groups is 1. The van der Waals surface area contributed by atoms with Gasteiger partial charge in [0.15, 0.2) is 5.17 Å². The minimum absolute atomic E-state index is 0.336. The van der Waals surface area contributed by atoms with Gasteiger partial charge >= 0.3 is 0 Å². The molecule has 0 bridgehead atoms. The third kappa shape index (κ3) is 3.23. The second-order valence-corrected chi connectivity index (χ2v) is 5.51. The summed E-state index contributed by atoms with van der Waals surface area (Å²) in [5.74, 6) is -1.09. The predicted octanol–water partition coefficient (Wildman–Crippen LogP) is 3.86. The fraction of sp³-hybridized carbons (Fsp3) is 0. The van der Waals surface area contributed by atoms with Gasteiger partial charge in [-0.3, -0.25) is 4.79 Å². The molecule has 22 heavy (non-hydrogen) atoms. The summed E-state index contributed by atoms with van der Waals surface area (Å²) in [5.41, 5.74) is 0.861. The van der Waals surface area contributed by atoms with Gasteiger partial charge in [0.1, 0.15) is 11.6 Å². The Morgan fingerprint density at radius 1 is 1.05 bits per heavy atom. The molecular formula is C16H10F2N2OS. The average Bonchev–Trinajstić information content (AvgIpc) is 2.84. The third-order valence-electron chi connectivity index (χ3n) is 2.90. The number of hydrogen-bond donors (Lipinski definition) is 1. The van der Waals surface area contributed by atoms with Crippen LogP contribution in [-0.2, 0) is 4.79 Å². The third-order valence-corrected chi connectivity index (χ3v) is 3.81. The molecule has 1 heterocycles. The number of hydrogen-bond acceptors (Lipinski definition) is 3. The molecule has 0 spiro atoms. The first-order chi connectivity index (χ1) is 10.6. The Labute approximate surface area is 129 Å². The molecule has 2 aromatic carbocycles. The molecule has 2 aromatic rings. The molecule has 0 aliphatic carbocycles. The number of halogens is 2. The van der Waals surface area contributed by atoms with Crippen molar-refractivity contribution in [3.05, 3.63) is 70.6 Å². The molecule has 1 fully saturated rings. The van der Waals surface area contributed by atoms with Gasteiger partial charge in [-0.2, -0.15) is 0 Å². The van der Waals surface area contributed by atoms with Gasteiger partial charge in [-0.1, -0.05) is 18.2 Å². The lowest BCUT2D eigenvalue weighted by Crippen LogP contribution is -2.19. The topological polar surface area (TPSA) is 41.5 Å². The Kier molecular flexibility index (Phi) is 4.02. The fourth-order valence-electron chi connectivity index (χ4n) is 1.85. The number of aliphatic imine (C=N–C) groups is 1. The van der Waals surface area contributed by atoms with Crippen LogP contribution in [0.1, 0.15) is 5.56 Å². The number of nitrogens with zero attached hydrogens (tertiary/aromatic N) is 1. The number of amidine groups is 1. The SMILES string of the molecule is O=C1NC(=Nc2ccc(F)cc2)SC1=Cc1ccccc1F. The highest BCUT2D eigenvalue weighted by atomic mass is 32.2. The molecule has 3 rings (SSSR count). The van der Waals surface area contributed by atoms with Gasteiger partial charge in [-0.15, -0.1) is 0 Å². The minimum atomic E-state index is -0.396. The zero-order valence-corrected chi connectivity index (χ0v) is 12.0. The van der Waals surface area contributed by atoms with Gasteiger partial charge in [0.2, 0.25) is 0 Å². The van der Waals surface area contributed by atoms with Crippen molar-refractivity contribution >= 4 is 34.6 Å². The van der Waals surface area contributed by atoms with Gasteiger partial charge in [0.25, 0.3) is 5.91 Å². The summed E-state index contributed by atoms with van der Waals surface area (Å²) in [6.07, 6.45) is 1.47. The Morgan fingerprint density at radius 3 is 2.50 bits per heavy atom. The van der Waals surface area contributed by atoms with E-state index >= 15 is 0 Å². The zero-order chi connectivity index (χ0) is 15.5. The van der Waals surface area contributed by atoms with E-state index in [9.17, 15) is 13.6 Å². The lowest BCUT2D eigenvalue weighted by atomic mass is 10.2. The molecule has 1 aliphatic rings. The van der Waals surface area contributed by atoms with Crippen LogP contribution in [0.3, 0.4) is 0 Å². The Morgan fingerprint density at radius 2 is 1.77 bits per heavy atom. The highest BCUT2D eigenvalue weighted by Gasteiger charge is 2.24. The molecule has 0 radical (unpaired) electrons. The number of benzene rings is 2. The van der Waals surface area contributed by atoms with Crippen molar-refractivity contribution in [2.45, 2.75) is 0 Å². The molecule has 1 aliphatic heterocycles. The number of rotatable bonds is 2. The summed E-state index contributed by atoms with van der Waals surface area (Å²) in [4.78, 5) is 16.4. The predicted molar refractivity (Wildman–Crippen MR) is 83.6 cm³/mol. The molecule has 6 heteroatoms. The van der Waals surface area contributed by atoms with Crippen molar-refractivity contribution in [2.75, 3.05) is 0 Å². The lowest BCUT2D eigenvalue weighted by Gasteiger charge is -1.96. The van der Waals surface area contributed by atoms with Gasteiger partial charge < -0.3 is 5.32 Å². The summed E-state index contributed by atoms with van der Waals surface area (Å²) in [7, 11) is 0. The zero-order valence-electron chi connectivity index (χ0n) is 11.2. The maximum absolute atomic E-state index is 13.6. The highest BCUT2D eigenvalue weighted by Crippen LogP contribution is 2.28. The highest BCUT2D eigenvalue weighted by molar-refractivity contribution is 8.18. The van der Waals surface area contributed by atoms with E-state index in [2.05, 4.69) is 10.3 Å². The van der Waals surface area contributed by atoms with Crippen molar-refractivity contribution in [1.82, 2.24) is 5.32 Å². The Bertz CT molecular complexity index is 785. The number of amides is 1. The standard InChI is InChI=1S/C16H10F2N2OS/c17-11-5-7-12(8-6-11)19-16-20-15(21)14(22-16)9-10-3-1-2-4-13(10)18/h1-9H,(H,19,20,21). The first-order valence-electron chi connectivity index (χ1n) is 6.41. The van der Waals surface area contributed by atoms with Gasteiger partial charge in [-0.05, 0) is 48.2 Å². The van der Waals surface area contributed by atoms with E-state index in [1.165, 1.54) is 36.4 Å². The molecule has 0 aromatic heterocycles. The van der Waals surface area contributed by atoms with Gasteiger partial charge in [0.05, 0.1) is 10.6 Å². The fourth-order valence-corrected chi connectivity index (χ4v) is 2.68. The van der Waals surface area contributed by atoms with E-state index in [1.807, 2.05) is 0 Å². The van der Waals surface area contributed by atoms with E-state index in [0.29, 0.717) is 21.3 Å². The number of carbonyl (C=O) groups excluding carboxylic acids is 1. The maximum Gasteiger partial charge on any atom is 0.264 e.